The Morgan fingerprint density at radius 3 is 1.65 bits per heavy atom. The molecule has 7 aromatic rings. The number of carbonyl (C=O) groups excluding carboxylic acids is 1. The number of hydrogen-bond donors (Lipinski definition) is 3. The smallest absolute Gasteiger partial charge is 0.220 e. The Balaban J connectivity index is 1.10. The number of ether oxygens (including phenoxy) is 1. The molecular weight excluding hydrogens is 887 g/mol. The van der Waals surface area contributed by atoms with Crippen molar-refractivity contribution in [1.82, 2.24) is 45.2 Å². The minimum atomic E-state index is -0.784. The molecule has 68 heavy (non-hydrogen) atoms. The lowest BCUT2D eigenvalue weighted by Crippen LogP contribution is -2.27. The lowest BCUT2D eigenvalue weighted by molar-refractivity contribution is -0.121. The summed E-state index contributed by atoms with van der Waals surface area (Å²) in [5.41, 5.74) is 9.09. The molecule has 1 amide bonds. The Kier molecular flexibility index (Phi) is 11.9. The van der Waals surface area contributed by atoms with E-state index in [4.69, 9.17) is 34.6 Å². The lowest BCUT2D eigenvalue weighted by Gasteiger charge is -2.19. The van der Waals surface area contributed by atoms with Crippen molar-refractivity contribution in [2.45, 2.75) is 116 Å². The maximum atomic E-state index is 12.7. The minimum Gasteiger partial charge on any atom is -0.605 e. The van der Waals surface area contributed by atoms with Gasteiger partial charge >= 0.3 is 0 Å². The first-order valence-electron chi connectivity index (χ1n) is 23.7. The van der Waals surface area contributed by atoms with Crippen molar-refractivity contribution < 1.29 is 14.1 Å². The molecule has 3 aromatic heterocycles. The van der Waals surface area contributed by atoms with Crippen LogP contribution in [0.5, 0.6) is 5.75 Å². The maximum absolute atomic E-state index is 12.7. The van der Waals surface area contributed by atoms with Crippen LogP contribution in [0.25, 0.3) is 89.7 Å². The second-order valence-electron chi connectivity index (χ2n) is 21.3. The van der Waals surface area contributed by atoms with E-state index in [9.17, 15) is 9.35 Å². The van der Waals surface area contributed by atoms with Gasteiger partial charge < -0.3 is 24.6 Å². The van der Waals surface area contributed by atoms with E-state index in [-0.39, 0.29) is 34.0 Å². The molecule has 0 spiro atoms. The van der Waals surface area contributed by atoms with Crippen molar-refractivity contribution in [1.29, 1.82) is 0 Å². The number of aromatic amines is 2. The summed E-state index contributed by atoms with van der Waals surface area (Å²) in [4.78, 5) is 51.5. The van der Waals surface area contributed by atoms with Gasteiger partial charge in [0.25, 0.3) is 0 Å². The first-order chi connectivity index (χ1) is 32.4. The van der Waals surface area contributed by atoms with Crippen LogP contribution in [-0.4, -0.2) is 74.5 Å². The third-order valence-corrected chi connectivity index (χ3v) is 16.8. The summed E-state index contributed by atoms with van der Waals surface area (Å²) < 4.78 is 18.3. The standard InChI is InChI=1S/C54H59N9O3S2/c1-52(2,3)30-14-18-35-39(26-30)48-57-44(35)56-47-38-21-17-33(66-24-23-55-43(64)13-11-10-12-34-22-25-67-68(34)65)29-42(38)51(62-47)63-50-41-28-32(54(7,8)9)16-20-37(41)46(61-50)60-49-40-27-31(53(4,5)6)15-19-36(40)45(58-48)59-49/h14-21,26-29,34H,10-13,22-25H2,1-9H3,(H,55,64)(H2,56,57,58,59,60,61,62,63). The van der Waals surface area contributed by atoms with E-state index in [1.807, 2.05) is 18.2 Å². The number of carbonyl (C=O) groups is 1. The molecule has 14 heteroatoms. The number of amides is 1. The molecule has 4 aromatic carbocycles. The number of nitrogens with zero attached hydrogens (tertiary/aromatic N) is 6. The molecule has 2 atom stereocenters. The van der Waals surface area contributed by atoms with Crippen LogP contribution >= 0.6 is 10.8 Å². The van der Waals surface area contributed by atoms with Gasteiger partial charge in [0, 0.05) is 72.6 Å². The van der Waals surface area contributed by atoms with Crippen LogP contribution in [0.3, 0.4) is 0 Å². The van der Waals surface area contributed by atoms with Gasteiger partial charge in [0.1, 0.15) is 40.2 Å². The number of nitrogens with one attached hydrogen (secondary N) is 3. The van der Waals surface area contributed by atoms with Crippen LogP contribution in [0.1, 0.15) is 111 Å². The van der Waals surface area contributed by atoms with Gasteiger partial charge in [0.2, 0.25) is 5.91 Å². The van der Waals surface area contributed by atoms with Gasteiger partial charge in [-0.2, -0.15) is 0 Å². The molecular formula is C54H59N9O3S2. The zero-order valence-electron chi connectivity index (χ0n) is 40.4. The number of aromatic nitrogens is 8. The molecule has 12 nitrogen and oxygen atoms in total. The third-order valence-electron chi connectivity index (χ3n) is 13.2. The van der Waals surface area contributed by atoms with Crippen molar-refractivity contribution in [3.8, 4) is 51.3 Å². The molecule has 1 fully saturated rings. The summed E-state index contributed by atoms with van der Waals surface area (Å²) in [5.74, 6) is 3.69. The van der Waals surface area contributed by atoms with E-state index in [1.165, 1.54) is 11.1 Å². The van der Waals surface area contributed by atoms with Crippen LogP contribution in [0.2, 0.25) is 0 Å². The molecule has 3 aliphatic rings. The molecule has 6 heterocycles. The molecule has 350 valence electrons. The summed E-state index contributed by atoms with van der Waals surface area (Å²) in [6.45, 7) is 20.5. The monoisotopic (exact) mass is 945 g/mol. The lowest BCUT2D eigenvalue weighted by atomic mass is 9.85. The summed E-state index contributed by atoms with van der Waals surface area (Å²) in [5, 5.41) is 6.92. The molecule has 2 unspecified atom stereocenters. The van der Waals surface area contributed by atoms with Crippen LogP contribution in [0.4, 0.5) is 0 Å². The molecule has 0 saturated carbocycles. The zero-order valence-corrected chi connectivity index (χ0v) is 42.0. The van der Waals surface area contributed by atoms with Gasteiger partial charge in [-0.15, -0.1) is 0 Å². The van der Waals surface area contributed by atoms with Gasteiger partial charge in [0.05, 0.1) is 17.3 Å². The van der Waals surface area contributed by atoms with E-state index >= 15 is 0 Å². The molecule has 0 radical (unpaired) electrons. The highest BCUT2D eigenvalue weighted by molar-refractivity contribution is 8.72. The van der Waals surface area contributed by atoms with E-state index < -0.39 is 10.2 Å². The quantitative estimate of drug-likeness (QED) is 0.0719. The Morgan fingerprint density at radius 1 is 0.632 bits per heavy atom. The van der Waals surface area contributed by atoms with Crippen molar-refractivity contribution in [2.75, 3.05) is 18.9 Å². The number of hydrogen-bond acceptors (Lipinski definition) is 10. The third kappa shape index (κ3) is 9.10. The highest BCUT2D eigenvalue weighted by Gasteiger charge is 2.31. The number of rotatable bonds is 9. The van der Waals surface area contributed by atoms with Crippen LogP contribution < -0.4 is 10.1 Å². The van der Waals surface area contributed by atoms with E-state index in [0.29, 0.717) is 64.6 Å². The van der Waals surface area contributed by atoms with Crippen molar-refractivity contribution in [2.24, 2.45) is 0 Å². The number of H-pyrrole nitrogens is 2. The van der Waals surface area contributed by atoms with Gasteiger partial charge in [-0.25, -0.2) is 29.9 Å². The Labute approximate surface area is 404 Å². The normalized spacial score (nSPS) is 16.0. The number of benzene rings is 4. The summed E-state index contributed by atoms with van der Waals surface area (Å²) in [7, 11) is 0.761. The fourth-order valence-electron chi connectivity index (χ4n) is 9.06. The van der Waals surface area contributed by atoms with Crippen LogP contribution in [0.15, 0.2) is 72.8 Å². The summed E-state index contributed by atoms with van der Waals surface area (Å²) in [6, 6.07) is 25.3. The molecule has 1 saturated heterocycles. The first kappa shape index (κ1) is 45.9. The average Bonchev–Trinajstić information content (AvgIpc) is 4.10. The van der Waals surface area contributed by atoms with Crippen molar-refractivity contribution >= 4 is 71.0 Å². The van der Waals surface area contributed by atoms with E-state index in [2.05, 4.69) is 132 Å². The summed E-state index contributed by atoms with van der Waals surface area (Å²) in [6.07, 6.45) is 4.03. The molecule has 3 aliphatic heterocycles. The van der Waals surface area contributed by atoms with E-state index in [1.54, 1.807) is 10.8 Å². The van der Waals surface area contributed by atoms with Crippen LogP contribution in [-0.2, 0) is 31.2 Å². The average molecular weight is 946 g/mol. The SMILES string of the molecule is CC(C)(C)c1ccc2c(c1)-c1nc-2nc2[nH]c(nc3nc(nc4[nH]c(n1)c1ccc(C(C)(C)C)cc41)-c1cc(OCCNC(=O)CCCCC4CCS[S+]4[O-])ccc1-3)c1ccc(C(C)(C)C)cc21. The summed E-state index contributed by atoms with van der Waals surface area (Å²) >= 11 is 0. The first-order valence-corrected chi connectivity index (χ1v) is 26.4. The number of fused-ring (bicyclic) bond motifs is 20. The second-order valence-corrected chi connectivity index (χ2v) is 24.8. The van der Waals surface area contributed by atoms with Gasteiger partial charge in [-0.3, -0.25) is 4.79 Å². The van der Waals surface area contributed by atoms with Gasteiger partial charge in [0.15, 0.2) is 23.3 Å². The molecule has 0 aliphatic carbocycles. The number of unbranched alkanes of at least 4 members (excludes halogenated alkanes) is 1. The molecule has 10 rings (SSSR count). The second kappa shape index (κ2) is 17.6. The molecule has 8 bridgehead atoms. The van der Waals surface area contributed by atoms with Gasteiger partial charge in [-0.05, 0) is 88.6 Å². The maximum Gasteiger partial charge on any atom is 0.220 e. The Morgan fingerprint density at radius 2 is 1.12 bits per heavy atom. The largest absolute Gasteiger partial charge is 0.605 e. The highest BCUT2D eigenvalue weighted by Crippen LogP contribution is 2.41. The zero-order chi connectivity index (χ0) is 47.7. The predicted molar refractivity (Wildman–Crippen MR) is 278 cm³/mol. The fourth-order valence-corrected chi connectivity index (χ4v) is 12.6. The van der Waals surface area contributed by atoms with Gasteiger partial charge in [-0.1, -0.05) is 98.7 Å². The topological polar surface area (TPSA) is 170 Å². The minimum absolute atomic E-state index is 0.00686. The fraction of sp³-hybridized carbons (Fsp3) is 0.389. The van der Waals surface area contributed by atoms with E-state index in [0.717, 1.165) is 80.8 Å². The highest BCUT2D eigenvalue weighted by atomic mass is 33.1. The van der Waals surface area contributed by atoms with Crippen LogP contribution in [0, 0.1) is 0 Å². The Bertz CT molecular complexity index is 3300. The Hall–Kier alpha value is -5.83. The van der Waals surface area contributed by atoms with Crippen molar-refractivity contribution in [3.63, 3.8) is 0 Å². The van der Waals surface area contributed by atoms with Crippen molar-refractivity contribution in [3.05, 3.63) is 89.5 Å². The molecule has 3 N–H and O–H groups in total. The predicted octanol–water partition coefficient (Wildman–Crippen LogP) is 12.0.